The Balaban J connectivity index is 1.99. The van der Waals surface area contributed by atoms with Crippen molar-refractivity contribution in [2.45, 2.75) is 77.0 Å². The van der Waals surface area contributed by atoms with Gasteiger partial charge in [0.15, 0.2) is 0 Å². The van der Waals surface area contributed by atoms with Crippen molar-refractivity contribution in [2.75, 3.05) is 13.2 Å². The number of nitrogens with one attached hydrogen (secondary N) is 1. The third-order valence-corrected chi connectivity index (χ3v) is 4.46. The van der Waals surface area contributed by atoms with Gasteiger partial charge in [0.25, 0.3) is 0 Å². The summed E-state index contributed by atoms with van der Waals surface area (Å²) >= 11 is 0. The van der Waals surface area contributed by atoms with E-state index in [2.05, 4.69) is 19.2 Å². The smallest absolute Gasteiger partial charge is 0.302 e. The lowest BCUT2D eigenvalue weighted by Crippen LogP contribution is -2.53. The highest BCUT2D eigenvalue weighted by atomic mass is 16.5. The van der Waals surface area contributed by atoms with Crippen molar-refractivity contribution in [1.29, 1.82) is 0 Å². The second-order valence-corrected chi connectivity index (χ2v) is 6.94. The van der Waals surface area contributed by atoms with Crippen LogP contribution in [0.4, 0.5) is 0 Å². The van der Waals surface area contributed by atoms with Crippen LogP contribution in [-0.4, -0.2) is 30.4 Å². The first-order valence-corrected chi connectivity index (χ1v) is 8.02. The molecular weight excluding hydrogens is 254 g/mol. The first kappa shape index (κ1) is 15.8. The van der Waals surface area contributed by atoms with Crippen LogP contribution >= 0.6 is 0 Å². The summed E-state index contributed by atoms with van der Waals surface area (Å²) in [4.78, 5) is 11.0. The van der Waals surface area contributed by atoms with E-state index in [-0.39, 0.29) is 17.2 Å². The molecule has 2 aliphatic rings. The summed E-state index contributed by atoms with van der Waals surface area (Å²) in [6.45, 7) is 7.17. The van der Waals surface area contributed by atoms with Crippen LogP contribution in [0.25, 0.3) is 0 Å². The van der Waals surface area contributed by atoms with E-state index < -0.39 is 0 Å². The molecule has 0 radical (unpaired) electrons. The van der Waals surface area contributed by atoms with Crippen LogP contribution in [0.1, 0.15) is 65.7 Å². The lowest BCUT2D eigenvalue weighted by Gasteiger charge is -2.37. The number of carbonyl (C=O) groups excluding carboxylic acids is 1. The molecule has 1 saturated heterocycles. The summed E-state index contributed by atoms with van der Waals surface area (Å²) in [5.74, 6) is 0.401. The van der Waals surface area contributed by atoms with Crippen molar-refractivity contribution in [3.63, 3.8) is 0 Å². The highest BCUT2D eigenvalue weighted by Crippen LogP contribution is 2.39. The zero-order valence-corrected chi connectivity index (χ0v) is 13.2. The van der Waals surface area contributed by atoms with Crippen molar-refractivity contribution in [3.05, 3.63) is 0 Å². The monoisotopic (exact) mass is 283 g/mol. The highest BCUT2D eigenvalue weighted by molar-refractivity contribution is 5.65. The Bertz CT molecular complexity index is 337. The molecule has 1 heterocycles. The summed E-state index contributed by atoms with van der Waals surface area (Å²) < 4.78 is 11.4. The molecule has 1 N–H and O–H groups in total. The minimum Gasteiger partial charge on any atom is -0.466 e. The normalized spacial score (nSPS) is 29.0. The molecule has 1 aliphatic heterocycles. The fourth-order valence-electron chi connectivity index (χ4n) is 3.74. The molecule has 0 aromatic rings. The Morgan fingerprint density at radius 1 is 1.30 bits per heavy atom. The van der Waals surface area contributed by atoms with Gasteiger partial charge in [-0.2, -0.15) is 0 Å². The van der Waals surface area contributed by atoms with E-state index >= 15 is 0 Å². The van der Waals surface area contributed by atoms with Crippen molar-refractivity contribution in [3.8, 4) is 0 Å². The summed E-state index contributed by atoms with van der Waals surface area (Å²) in [6.07, 6.45) is 7.93. The topological polar surface area (TPSA) is 47.6 Å². The second kappa shape index (κ2) is 6.44. The predicted octanol–water partition coefficient (Wildman–Crippen LogP) is 3.00. The molecule has 1 atom stereocenters. The molecule has 2 fully saturated rings. The minimum atomic E-state index is -0.198. The number of esters is 1. The van der Waals surface area contributed by atoms with Crippen molar-refractivity contribution in [2.24, 2.45) is 5.92 Å². The number of hydrogen-bond acceptors (Lipinski definition) is 4. The fraction of sp³-hybridized carbons (Fsp3) is 0.938. The molecule has 116 valence electrons. The van der Waals surface area contributed by atoms with Crippen LogP contribution in [0.2, 0.25) is 0 Å². The molecule has 0 amide bonds. The molecule has 0 aromatic carbocycles. The molecular formula is C16H29NO3. The Labute approximate surface area is 122 Å². The standard InChI is InChI=1S/C16H29NO3/c1-13(2)11-15(9-10-19-14(3)18)12-20-16(17-15)7-5-4-6-8-16/h13,17H,4-12H2,1-3H3. The van der Waals surface area contributed by atoms with Crippen molar-refractivity contribution >= 4 is 5.97 Å². The van der Waals surface area contributed by atoms with Gasteiger partial charge in [-0.3, -0.25) is 10.1 Å². The molecule has 1 saturated carbocycles. The Kier molecular flexibility index (Phi) is 5.08. The maximum absolute atomic E-state index is 11.0. The largest absolute Gasteiger partial charge is 0.466 e. The van der Waals surface area contributed by atoms with E-state index in [1.54, 1.807) is 0 Å². The van der Waals surface area contributed by atoms with Crippen LogP contribution in [0.3, 0.4) is 0 Å². The second-order valence-electron chi connectivity index (χ2n) is 6.94. The molecule has 1 aliphatic carbocycles. The molecule has 1 spiro atoms. The first-order chi connectivity index (χ1) is 9.45. The Morgan fingerprint density at radius 2 is 2.00 bits per heavy atom. The van der Waals surface area contributed by atoms with Gasteiger partial charge in [0.05, 0.1) is 13.2 Å². The summed E-state index contributed by atoms with van der Waals surface area (Å²) in [5, 5.41) is 3.81. The lowest BCUT2D eigenvalue weighted by molar-refractivity contribution is -0.141. The maximum Gasteiger partial charge on any atom is 0.302 e. The summed E-state index contributed by atoms with van der Waals surface area (Å²) in [7, 11) is 0. The van der Waals surface area contributed by atoms with Gasteiger partial charge in [-0.05, 0) is 38.0 Å². The number of hydrogen-bond donors (Lipinski definition) is 1. The van der Waals surface area contributed by atoms with Gasteiger partial charge >= 0.3 is 5.97 Å². The molecule has 1 unspecified atom stereocenters. The Morgan fingerprint density at radius 3 is 2.60 bits per heavy atom. The van der Waals surface area contributed by atoms with E-state index in [0.29, 0.717) is 12.5 Å². The molecule has 0 aromatic heterocycles. The molecule has 4 heteroatoms. The van der Waals surface area contributed by atoms with Gasteiger partial charge < -0.3 is 9.47 Å². The zero-order chi connectivity index (χ0) is 14.6. The van der Waals surface area contributed by atoms with Crippen LogP contribution in [-0.2, 0) is 14.3 Å². The van der Waals surface area contributed by atoms with E-state index in [4.69, 9.17) is 9.47 Å². The fourth-order valence-corrected chi connectivity index (χ4v) is 3.74. The number of carbonyl (C=O) groups is 1. The SMILES string of the molecule is CC(=O)OCCC1(CC(C)C)COC2(CCCCC2)N1. The lowest BCUT2D eigenvalue weighted by atomic mass is 9.85. The summed E-state index contributed by atoms with van der Waals surface area (Å²) in [5.41, 5.74) is -0.135. The van der Waals surface area contributed by atoms with Gasteiger partial charge in [0, 0.05) is 18.9 Å². The Hall–Kier alpha value is -0.610. The molecule has 0 bridgehead atoms. The van der Waals surface area contributed by atoms with Gasteiger partial charge in [-0.15, -0.1) is 0 Å². The maximum atomic E-state index is 11.0. The van der Waals surface area contributed by atoms with Gasteiger partial charge in [-0.25, -0.2) is 0 Å². The van der Waals surface area contributed by atoms with E-state index in [1.807, 2.05) is 0 Å². The van der Waals surface area contributed by atoms with Gasteiger partial charge in [0.1, 0.15) is 5.72 Å². The van der Waals surface area contributed by atoms with Crippen LogP contribution in [0.5, 0.6) is 0 Å². The van der Waals surface area contributed by atoms with Crippen LogP contribution in [0.15, 0.2) is 0 Å². The molecule has 4 nitrogen and oxygen atoms in total. The minimum absolute atomic E-state index is 0.0268. The predicted molar refractivity (Wildman–Crippen MR) is 78.3 cm³/mol. The average molecular weight is 283 g/mol. The average Bonchev–Trinajstić information content (AvgIpc) is 2.68. The zero-order valence-electron chi connectivity index (χ0n) is 13.2. The van der Waals surface area contributed by atoms with E-state index in [9.17, 15) is 4.79 Å². The first-order valence-electron chi connectivity index (χ1n) is 8.02. The van der Waals surface area contributed by atoms with Gasteiger partial charge in [-0.1, -0.05) is 20.3 Å². The van der Waals surface area contributed by atoms with Crippen molar-refractivity contribution < 1.29 is 14.3 Å². The quantitative estimate of drug-likeness (QED) is 0.788. The van der Waals surface area contributed by atoms with Gasteiger partial charge in [0.2, 0.25) is 0 Å². The number of ether oxygens (including phenoxy) is 2. The van der Waals surface area contributed by atoms with Crippen molar-refractivity contribution in [1.82, 2.24) is 5.32 Å². The van der Waals surface area contributed by atoms with Crippen LogP contribution in [0, 0.1) is 5.92 Å². The van der Waals surface area contributed by atoms with E-state index in [1.165, 1.54) is 26.2 Å². The van der Waals surface area contributed by atoms with Crippen LogP contribution < -0.4 is 5.32 Å². The molecule has 2 rings (SSSR count). The van der Waals surface area contributed by atoms with E-state index in [0.717, 1.165) is 32.3 Å². The molecule has 20 heavy (non-hydrogen) atoms. The highest BCUT2D eigenvalue weighted by Gasteiger charge is 2.48. The third-order valence-electron chi connectivity index (χ3n) is 4.46. The third kappa shape index (κ3) is 3.95. The summed E-state index contributed by atoms with van der Waals surface area (Å²) in [6, 6.07) is 0. The number of rotatable bonds is 5.